The van der Waals surface area contributed by atoms with Crippen molar-refractivity contribution in [2.24, 2.45) is 22.2 Å². The Morgan fingerprint density at radius 3 is 2.16 bits per heavy atom. The van der Waals surface area contributed by atoms with Crippen molar-refractivity contribution >= 4 is 5.78 Å². The van der Waals surface area contributed by atoms with Crippen LogP contribution in [0.4, 0.5) is 0 Å². The molecule has 2 nitrogen and oxygen atoms in total. The molecule has 1 saturated carbocycles. The van der Waals surface area contributed by atoms with Crippen molar-refractivity contribution in [2.75, 3.05) is 0 Å². The van der Waals surface area contributed by atoms with E-state index in [2.05, 4.69) is 41.5 Å². The van der Waals surface area contributed by atoms with Crippen LogP contribution in [0.5, 0.6) is 0 Å². The van der Waals surface area contributed by atoms with Crippen LogP contribution >= 0.6 is 0 Å². The first-order valence-corrected chi connectivity index (χ1v) is 7.51. The largest absolute Gasteiger partial charge is 0.371 e. The van der Waals surface area contributed by atoms with Gasteiger partial charge in [-0.05, 0) is 31.1 Å². The number of ether oxygens (including phenoxy) is 1. The molecule has 1 saturated heterocycles. The van der Waals surface area contributed by atoms with Gasteiger partial charge < -0.3 is 4.74 Å². The molecular weight excluding hydrogens is 236 g/mol. The number of fused-ring (bicyclic) bond motifs is 1. The lowest BCUT2D eigenvalue weighted by Gasteiger charge is -2.69. The van der Waals surface area contributed by atoms with E-state index in [-0.39, 0.29) is 33.9 Å². The molecule has 110 valence electrons. The van der Waals surface area contributed by atoms with Crippen molar-refractivity contribution in [1.82, 2.24) is 0 Å². The number of hydrogen-bond donors (Lipinski definition) is 0. The van der Waals surface area contributed by atoms with Gasteiger partial charge >= 0.3 is 0 Å². The quantitative estimate of drug-likeness (QED) is 0.710. The van der Waals surface area contributed by atoms with Crippen LogP contribution in [-0.2, 0) is 9.53 Å². The van der Waals surface area contributed by atoms with Crippen molar-refractivity contribution in [2.45, 2.75) is 79.9 Å². The third kappa shape index (κ3) is 2.16. The summed E-state index contributed by atoms with van der Waals surface area (Å²) in [4.78, 5) is 12.5. The Bertz CT molecular complexity index is 400. The first-order valence-electron chi connectivity index (χ1n) is 7.51. The van der Waals surface area contributed by atoms with E-state index in [9.17, 15) is 4.79 Å². The molecule has 1 heterocycles. The van der Waals surface area contributed by atoms with E-state index >= 15 is 0 Å². The van der Waals surface area contributed by atoms with Crippen LogP contribution < -0.4 is 0 Å². The first kappa shape index (κ1) is 15.0. The van der Waals surface area contributed by atoms with Gasteiger partial charge in [0.15, 0.2) is 0 Å². The Morgan fingerprint density at radius 1 is 1.16 bits per heavy atom. The highest BCUT2D eigenvalue weighted by atomic mass is 16.5. The molecule has 0 aromatic heterocycles. The topological polar surface area (TPSA) is 26.3 Å². The predicted octanol–water partition coefficient (Wildman–Crippen LogP) is 4.22. The Kier molecular flexibility index (Phi) is 3.04. The number of ketones is 1. The summed E-state index contributed by atoms with van der Waals surface area (Å²) in [7, 11) is 0. The summed E-state index contributed by atoms with van der Waals surface area (Å²) in [5, 5.41) is 0. The molecule has 0 bridgehead atoms. The Balaban J connectivity index is 2.33. The van der Waals surface area contributed by atoms with Crippen LogP contribution in [0.15, 0.2) is 0 Å². The minimum Gasteiger partial charge on any atom is -0.371 e. The van der Waals surface area contributed by atoms with Gasteiger partial charge in [0.25, 0.3) is 0 Å². The fraction of sp³-hybridized carbons (Fsp3) is 0.941. The average molecular weight is 266 g/mol. The summed E-state index contributed by atoms with van der Waals surface area (Å²) >= 11 is 0. The first-order chi connectivity index (χ1) is 8.30. The molecule has 19 heavy (non-hydrogen) atoms. The molecule has 1 aliphatic carbocycles. The van der Waals surface area contributed by atoms with E-state index in [1.165, 1.54) is 0 Å². The Hall–Kier alpha value is -0.370. The van der Waals surface area contributed by atoms with Crippen LogP contribution in [0.1, 0.15) is 68.2 Å². The second-order valence-electron chi connectivity index (χ2n) is 9.30. The number of carbonyl (C=O) groups excluding carboxylic acids is 1. The van der Waals surface area contributed by atoms with Crippen molar-refractivity contribution < 1.29 is 9.53 Å². The lowest BCUT2D eigenvalue weighted by Crippen LogP contribution is -2.72. The molecule has 0 N–H and O–H groups in total. The van der Waals surface area contributed by atoms with E-state index in [4.69, 9.17) is 4.74 Å². The van der Waals surface area contributed by atoms with Gasteiger partial charge in [0.1, 0.15) is 5.78 Å². The standard InChI is InChI=1S/C17H30O2/c1-14(2,3)10-17(8)13-12(16(17,6)7)11(18)9-15(4,5)19-13/h12-13H,9-10H2,1-8H3/t12-,13+,17+/m1/s1. The molecule has 2 rings (SSSR count). The number of Topliss-reactive ketones (excluding diaryl/α,β-unsaturated/α-hetero) is 1. The van der Waals surface area contributed by atoms with Crippen molar-refractivity contribution in [3.05, 3.63) is 0 Å². The molecule has 0 amide bonds. The fourth-order valence-electron chi connectivity index (χ4n) is 4.49. The summed E-state index contributed by atoms with van der Waals surface area (Å²) in [6.07, 6.45) is 1.75. The maximum absolute atomic E-state index is 12.5. The number of hydrogen-bond acceptors (Lipinski definition) is 2. The number of carbonyl (C=O) groups is 1. The van der Waals surface area contributed by atoms with Gasteiger partial charge in [0, 0.05) is 11.8 Å². The minimum absolute atomic E-state index is 0.0402. The maximum atomic E-state index is 12.5. The molecule has 0 aromatic carbocycles. The zero-order valence-electron chi connectivity index (χ0n) is 13.9. The van der Waals surface area contributed by atoms with Crippen LogP contribution in [0.3, 0.4) is 0 Å². The SMILES string of the molecule is CC(C)(C)C[C@@]1(C)[C@H]2OC(C)(C)CC(=O)[C@H]2C1(C)C. The smallest absolute Gasteiger partial charge is 0.142 e. The Morgan fingerprint density at radius 2 is 1.68 bits per heavy atom. The summed E-state index contributed by atoms with van der Waals surface area (Å²) in [5.74, 6) is 0.491. The van der Waals surface area contributed by atoms with Crippen molar-refractivity contribution in [1.29, 1.82) is 0 Å². The molecule has 0 spiro atoms. The lowest BCUT2D eigenvalue weighted by atomic mass is 9.39. The van der Waals surface area contributed by atoms with Crippen LogP contribution in [0.25, 0.3) is 0 Å². The second-order valence-corrected chi connectivity index (χ2v) is 9.30. The van der Waals surface area contributed by atoms with E-state index in [1.807, 2.05) is 13.8 Å². The van der Waals surface area contributed by atoms with Gasteiger partial charge in [-0.1, -0.05) is 41.5 Å². The van der Waals surface area contributed by atoms with Crippen molar-refractivity contribution in [3.63, 3.8) is 0 Å². The van der Waals surface area contributed by atoms with Crippen LogP contribution in [-0.4, -0.2) is 17.5 Å². The van der Waals surface area contributed by atoms with E-state index in [0.717, 1.165) is 6.42 Å². The van der Waals surface area contributed by atoms with Gasteiger partial charge in [0.05, 0.1) is 17.6 Å². The molecule has 2 heteroatoms. The van der Waals surface area contributed by atoms with E-state index < -0.39 is 0 Å². The van der Waals surface area contributed by atoms with E-state index in [0.29, 0.717) is 12.2 Å². The fourth-order valence-corrected chi connectivity index (χ4v) is 4.49. The van der Waals surface area contributed by atoms with Gasteiger partial charge in [-0.15, -0.1) is 0 Å². The zero-order valence-corrected chi connectivity index (χ0v) is 13.9. The highest BCUT2D eigenvalue weighted by Gasteiger charge is 2.70. The molecule has 1 aliphatic heterocycles. The number of rotatable bonds is 1. The van der Waals surface area contributed by atoms with Gasteiger partial charge in [-0.2, -0.15) is 0 Å². The second kappa shape index (κ2) is 3.84. The molecule has 0 radical (unpaired) electrons. The highest BCUT2D eigenvalue weighted by molar-refractivity contribution is 5.85. The molecular formula is C17H30O2. The molecule has 0 aromatic rings. The molecule has 3 atom stereocenters. The third-order valence-electron chi connectivity index (χ3n) is 5.47. The average Bonchev–Trinajstić information content (AvgIpc) is 2.11. The van der Waals surface area contributed by atoms with Gasteiger partial charge in [-0.3, -0.25) is 4.79 Å². The van der Waals surface area contributed by atoms with Crippen LogP contribution in [0.2, 0.25) is 0 Å². The van der Waals surface area contributed by atoms with Gasteiger partial charge in [0.2, 0.25) is 0 Å². The van der Waals surface area contributed by atoms with Crippen molar-refractivity contribution in [3.8, 4) is 0 Å². The summed E-state index contributed by atoms with van der Waals surface area (Å²) in [5.41, 5.74) is 0.0840. The normalized spacial score (nSPS) is 40.5. The predicted molar refractivity (Wildman–Crippen MR) is 78.0 cm³/mol. The van der Waals surface area contributed by atoms with E-state index in [1.54, 1.807) is 0 Å². The minimum atomic E-state index is -0.298. The highest BCUT2D eigenvalue weighted by Crippen LogP contribution is 2.67. The van der Waals surface area contributed by atoms with Gasteiger partial charge in [-0.25, -0.2) is 0 Å². The summed E-state index contributed by atoms with van der Waals surface area (Å²) in [6.45, 7) is 17.7. The molecule has 0 unspecified atom stereocenters. The zero-order chi connectivity index (χ0) is 14.9. The summed E-state index contributed by atoms with van der Waals surface area (Å²) < 4.78 is 6.32. The molecule has 2 aliphatic rings. The van der Waals surface area contributed by atoms with Crippen LogP contribution in [0, 0.1) is 22.2 Å². The third-order valence-corrected chi connectivity index (χ3v) is 5.47. The molecule has 2 fully saturated rings. The maximum Gasteiger partial charge on any atom is 0.142 e. The lowest BCUT2D eigenvalue weighted by molar-refractivity contribution is -0.293. The summed E-state index contributed by atoms with van der Waals surface area (Å²) in [6, 6.07) is 0. The Labute approximate surface area is 118 Å². The monoisotopic (exact) mass is 266 g/mol.